The highest BCUT2D eigenvalue weighted by Crippen LogP contribution is 2.32. The van der Waals surface area contributed by atoms with Crippen molar-refractivity contribution in [2.75, 3.05) is 6.79 Å². The minimum atomic E-state index is -1.11. The maximum atomic E-state index is 12.0. The Balaban J connectivity index is 1.52. The average molecular weight is 362 g/mol. The van der Waals surface area contributed by atoms with Crippen molar-refractivity contribution in [3.05, 3.63) is 51.8 Å². The molecule has 10 heteroatoms. The van der Waals surface area contributed by atoms with E-state index in [9.17, 15) is 19.7 Å². The molecule has 2 aromatic rings. The van der Waals surface area contributed by atoms with E-state index >= 15 is 0 Å². The van der Waals surface area contributed by atoms with Crippen molar-refractivity contribution in [1.82, 2.24) is 5.32 Å². The van der Waals surface area contributed by atoms with Crippen molar-refractivity contribution >= 4 is 17.8 Å². The van der Waals surface area contributed by atoms with Crippen LogP contribution in [-0.4, -0.2) is 29.7 Å². The second-order valence-electron chi connectivity index (χ2n) is 5.35. The lowest BCUT2D eigenvalue weighted by molar-refractivity contribution is -0.402. The normalized spacial score (nSPS) is 13.1. The Labute approximate surface area is 146 Å². The molecule has 1 N–H and O–H groups in total. The standard InChI is InChI=1S/C16H14N2O8/c1-9(25-16(20)12-4-5-14(26-12)18(21)22)15(19)17-7-10-2-3-11-13(6-10)24-8-23-11/h2-6,9H,7-8H2,1H3,(H,17,19)/t9-/m1/s1. The number of fused-ring (bicyclic) bond motifs is 1. The van der Waals surface area contributed by atoms with E-state index in [0.29, 0.717) is 11.5 Å². The molecule has 136 valence electrons. The van der Waals surface area contributed by atoms with Gasteiger partial charge in [0.1, 0.15) is 4.92 Å². The molecule has 0 radical (unpaired) electrons. The summed E-state index contributed by atoms with van der Waals surface area (Å²) in [5, 5.41) is 13.2. The van der Waals surface area contributed by atoms with Gasteiger partial charge in [-0.25, -0.2) is 4.79 Å². The first kappa shape index (κ1) is 17.3. The van der Waals surface area contributed by atoms with Crippen molar-refractivity contribution < 1.29 is 33.1 Å². The van der Waals surface area contributed by atoms with Crippen LogP contribution in [0.4, 0.5) is 5.88 Å². The maximum absolute atomic E-state index is 12.0. The summed E-state index contributed by atoms with van der Waals surface area (Å²) in [5.74, 6) is -1.21. The average Bonchev–Trinajstić information content (AvgIpc) is 3.28. The molecule has 26 heavy (non-hydrogen) atoms. The van der Waals surface area contributed by atoms with Crippen molar-refractivity contribution in [2.45, 2.75) is 19.6 Å². The minimum absolute atomic E-state index is 0.156. The van der Waals surface area contributed by atoms with Crippen molar-refractivity contribution in [3.63, 3.8) is 0 Å². The summed E-state index contributed by atoms with van der Waals surface area (Å²) < 4.78 is 20.1. The lowest BCUT2D eigenvalue weighted by Crippen LogP contribution is -2.35. The highest BCUT2D eigenvalue weighted by Gasteiger charge is 2.23. The molecule has 2 heterocycles. The Hall–Kier alpha value is -3.56. The largest absolute Gasteiger partial charge is 0.454 e. The van der Waals surface area contributed by atoms with Gasteiger partial charge in [-0.1, -0.05) is 6.07 Å². The number of furan rings is 1. The van der Waals surface area contributed by atoms with Gasteiger partial charge in [0.05, 0.1) is 6.07 Å². The highest BCUT2D eigenvalue weighted by atomic mass is 16.7. The number of nitrogens with one attached hydrogen (secondary N) is 1. The first-order valence-corrected chi connectivity index (χ1v) is 7.55. The number of carbonyl (C=O) groups excluding carboxylic acids is 2. The number of hydrogen-bond acceptors (Lipinski definition) is 8. The summed E-state index contributed by atoms with van der Waals surface area (Å²) >= 11 is 0. The molecule has 1 aliphatic rings. The maximum Gasteiger partial charge on any atom is 0.433 e. The SMILES string of the molecule is C[C@@H](OC(=O)c1ccc([N+](=O)[O-])o1)C(=O)NCc1ccc2c(c1)OCO2. The first-order valence-electron chi connectivity index (χ1n) is 7.55. The molecular weight excluding hydrogens is 348 g/mol. The molecular formula is C16H14N2O8. The highest BCUT2D eigenvalue weighted by molar-refractivity contribution is 5.90. The number of amides is 1. The zero-order chi connectivity index (χ0) is 18.7. The number of ether oxygens (including phenoxy) is 3. The van der Waals surface area contributed by atoms with E-state index < -0.39 is 28.8 Å². The van der Waals surface area contributed by atoms with E-state index in [-0.39, 0.29) is 19.1 Å². The van der Waals surface area contributed by atoms with E-state index in [1.165, 1.54) is 6.92 Å². The van der Waals surface area contributed by atoms with Crippen LogP contribution in [0.3, 0.4) is 0 Å². The van der Waals surface area contributed by atoms with Gasteiger partial charge in [0.25, 0.3) is 5.91 Å². The van der Waals surface area contributed by atoms with E-state index in [2.05, 4.69) is 5.32 Å². The summed E-state index contributed by atoms with van der Waals surface area (Å²) in [4.78, 5) is 33.7. The fraction of sp³-hybridized carbons (Fsp3) is 0.250. The monoisotopic (exact) mass is 362 g/mol. The summed E-state index contributed by atoms with van der Waals surface area (Å²) in [6.45, 7) is 1.73. The van der Waals surface area contributed by atoms with Gasteiger partial charge in [-0.2, -0.15) is 0 Å². The van der Waals surface area contributed by atoms with Gasteiger partial charge < -0.3 is 23.9 Å². The van der Waals surface area contributed by atoms with E-state index in [4.69, 9.17) is 18.6 Å². The Morgan fingerprint density at radius 3 is 2.77 bits per heavy atom. The predicted octanol–water partition coefficient (Wildman–Crippen LogP) is 1.78. The Morgan fingerprint density at radius 2 is 2.04 bits per heavy atom. The summed E-state index contributed by atoms with van der Waals surface area (Å²) in [6.07, 6.45) is -1.11. The minimum Gasteiger partial charge on any atom is -0.454 e. The smallest absolute Gasteiger partial charge is 0.433 e. The van der Waals surface area contributed by atoms with Crippen molar-refractivity contribution in [2.24, 2.45) is 0 Å². The van der Waals surface area contributed by atoms with Crippen LogP contribution in [0.15, 0.2) is 34.7 Å². The van der Waals surface area contributed by atoms with Crippen LogP contribution in [-0.2, 0) is 16.1 Å². The third-order valence-electron chi connectivity index (χ3n) is 3.53. The molecule has 3 rings (SSSR count). The van der Waals surface area contributed by atoms with Gasteiger partial charge in [-0.05, 0) is 30.7 Å². The lowest BCUT2D eigenvalue weighted by atomic mass is 10.2. The summed E-state index contributed by atoms with van der Waals surface area (Å²) in [7, 11) is 0. The van der Waals surface area contributed by atoms with Crippen LogP contribution in [0.5, 0.6) is 11.5 Å². The molecule has 1 atom stereocenters. The number of carbonyl (C=O) groups is 2. The number of hydrogen-bond donors (Lipinski definition) is 1. The van der Waals surface area contributed by atoms with Crippen LogP contribution in [0, 0.1) is 10.1 Å². The first-order chi connectivity index (χ1) is 12.4. The van der Waals surface area contributed by atoms with Gasteiger partial charge in [-0.15, -0.1) is 0 Å². The molecule has 1 aromatic carbocycles. The second kappa shape index (κ2) is 7.13. The molecule has 0 saturated carbocycles. The number of nitrogens with zero attached hydrogens (tertiary/aromatic N) is 1. The zero-order valence-corrected chi connectivity index (χ0v) is 13.6. The van der Waals surface area contributed by atoms with Crippen molar-refractivity contribution in [1.29, 1.82) is 0 Å². The fourth-order valence-electron chi connectivity index (χ4n) is 2.19. The quantitative estimate of drug-likeness (QED) is 0.467. The third-order valence-corrected chi connectivity index (χ3v) is 3.53. The molecule has 0 unspecified atom stereocenters. The van der Waals surface area contributed by atoms with Crippen LogP contribution in [0.2, 0.25) is 0 Å². The molecule has 0 aliphatic carbocycles. The third kappa shape index (κ3) is 3.74. The molecule has 1 amide bonds. The topological polar surface area (TPSA) is 130 Å². The summed E-state index contributed by atoms with van der Waals surface area (Å²) in [6, 6.07) is 7.38. The van der Waals surface area contributed by atoms with E-state index in [0.717, 1.165) is 17.7 Å². The number of rotatable bonds is 6. The second-order valence-corrected chi connectivity index (χ2v) is 5.35. The number of esters is 1. The van der Waals surface area contributed by atoms with Gasteiger partial charge in [-0.3, -0.25) is 14.9 Å². The van der Waals surface area contributed by atoms with Gasteiger partial charge in [0.15, 0.2) is 17.6 Å². The fourth-order valence-corrected chi connectivity index (χ4v) is 2.19. The van der Waals surface area contributed by atoms with Gasteiger partial charge in [0, 0.05) is 6.54 Å². The van der Waals surface area contributed by atoms with Crippen LogP contribution >= 0.6 is 0 Å². The summed E-state index contributed by atoms with van der Waals surface area (Å²) in [5.41, 5.74) is 0.780. The number of nitro groups is 1. The number of benzene rings is 1. The van der Waals surface area contributed by atoms with Crippen LogP contribution in [0.1, 0.15) is 23.0 Å². The molecule has 1 aromatic heterocycles. The molecule has 0 bridgehead atoms. The molecule has 0 fully saturated rings. The Kier molecular flexibility index (Phi) is 4.74. The van der Waals surface area contributed by atoms with E-state index in [1.807, 2.05) is 0 Å². The molecule has 10 nitrogen and oxygen atoms in total. The molecule has 0 spiro atoms. The van der Waals surface area contributed by atoms with Crippen LogP contribution in [0.25, 0.3) is 0 Å². The molecule has 1 aliphatic heterocycles. The van der Waals surface area contributed by atoms with E-state index in [1.54, 1.807) is 18.2 Å². The van der Waals surface area contributed by atoms with Gasteiger partial charge in [0.2, 0.25) is 12.6 Å². The Morgan fingerprint density at radius 1 is 1.27 bits per heavy atom. The van der Waals surface area contributed by atoms with Crippen molar-refractivity contribution in [3.8, 4) is 11.5 Å². The zero-order valence-electron chi connectivity index (χ0n) is 13.6. The lowest BCUT2D eigenvalue weighted by Gasteiger charge is -2.12. The van der Waals surface area contributed by atoms with Crippen LogP contribution < -0.4 is 14.8 Å². The Bertz CT molecular complexity index is 860. The molecule has 0 saturated heterocycles. The predicted molar refractivity (Wildman–Crippen MR) is 84.7 cm³/mol. The van der Waals surface area contributed by atoms with Gasteiger partial charge >= 0.3 is 11.9 Å².